The zero-order valence-corrected chi connectivity index (χ0v) is 7.43. The van der Waals surface area contributed by atoms with Gasteiger partial charge in [-0.15, -0.1) is 0 Å². The third kappa shape index (κ3) is 1.72. The van der Waals surface area contributed by atoms with Gasteiger partial charge in [-0.25, -0.2) is 0 Å². The molecule has 1 aliphatic heterocycles. The summed E-state index contributed by atoms with van der Waals surface area (Å²) in [5.74, 6) is 1.92. The Balaban J connectivity index is 2.36. The normalized spacial score (nSPS) is 36.3. The quantitative estimate of drug-likeness (QED) is 0.540. The molecule has 1 heteroatoms. The minimum absolute atomic E-state index is 0.920. The molecule has 0 aliphatic carbocycles. The van der Waals surface area contributed by atoms with Crippen molar-refractivity contribution in [3.8, 4) is 0 Å². The molecule has 2 atom stereocenters. The molecule has 1 aliphatic rings. The lowest BCUT2D eigenvalue weighted by molar-refractivity contribution is 0.152. The number of hydrogen-bond donors (Lipinski definition) is 0. The predicted octanol–water partition coefficient (Wildman–Crippen LogP) is 1.98. The van der Waals surface area contributed by atoms with Crippen LogP contribution in [-0.4, -0.2) is 25.0 Å². The Morgan fingerprint density at radius 3 is 2.70 bits per heavy atom. The fraction of sp³-hybridized carbons (Fsp3) is 1.00. The Bertz CT molecular complexity index is 101. The molecule has 1 rings (SSSR count). The van der Waals surface area contributed by atoms with Crippen molar-refractivity contribution in [1.82, 2.24) is 4.90 Å². The molecule has 0 aromatic heterocycles. The van der Waals surface area contributed by atoms with Gasteiger partial charge in [-0.05, 0) is 31.8 Å². The molecular formula is C9H19N. The van der Waals surface area contributed by atoms with E-state index in [2.05, 4.69) is 25.8 Å². The van der Waals surface area contributed by atoms with Crippen LogP contribution in [-0.2, 0) is 0 Å². The van der Waals surface area contributed by atoms with Crippen LogP contribution in [0.2, 0.25) is 0 Å². The molecule has 1 saturated heterocycles. The summed E-state index contributed by atoms with van der Waals surface area (Å²) >= 11 is 0. The second-order valence-electron chi connectivity index (χ2n) is 3.70. The van der Waals surface area contributed by atoms with E-state index in [1.165, 1.54) is 25.9 Å². The van der Waals surface area contributed by atoms with Gasteiger partial charge in [0.25, 0.3) is 0 Å². The van der Waals surface area contributed by atoms with E-state index in [4.69, 9.17) is 0 Å². The van der Waals surface area contributed by atoms with Crippen LogP contribution in [0.5, 0.6) is 0 Å². The van der Waals surface area contributed by atoms with Crippen LogP contribution >= 0.6 is 0 Å². The summed E-state index contributed by atoms with van der Waals surface area (Å²) in [4.78, 5) is 2.44. The fourth-order valence-corrected chi connectivity index (χ4v) is 2.01. The van der Waals surface area contributed by atoms with Crippen LogP contribution in [0.1, 0.15) is 26.7 Å². The molecule has 60 valence electrons. The third-order valence-electron chi connectivity index (χ3n) is 2.81. The highest BCUT2D eigenvalue weighted by Crippen LogP contribution is 2.24. The van der Waals surface area contributed by atoms with Crippen LogP contribution in [0, 0.1) is 11.8 Å². The van der Waals surface area contributed by atoms with Crippen molar-refractivity contribution in [2.24, 2.45) is 11.8 Å². The molecule has 0 bridgehead atoms. The summed E-state index contributed by atoms with van der Waals surface area (Å²) in [6.07, 6.45) is 2.78. The number of likely N-dealkylation sites (tertiary alicyclic amines) is 1. The van der Waals surface area contributed by atoms with Gasteiger partial charge < -0.3 is 4.90 Å². The maximum absolute atomic E-state index is 2.44. The second kappa shape index (κ2) is 3.38. The average Bonchev–Trinajstić information content (AvgIpc) is 1.88. The lowest BCUT2D eigenvalue weighted by Gasteiger charge is -2.34. The summed E-state index contributed by atoms with van der Waals surface area (Å²) in [6.45, 7) is 7.30. The second-order valence-corrected chi connectivity index (χ2v) is 3.70. The topological polar surface area (TPSA) is 3.24 Å². The third-order valence-corrected chi connectivity index (χ3v) is 2.81. The molecule has 0 saturated carbocycles. The van der Waals surface area contributed by atoms with E-state index in [1.54, 1.807) is 0 Å². The van der Waals surface area contributed by atoms with Crippen LogP contribution in [0.4, 0.5) is 0 Å². The maximum Gasteiger partial charge on any atom is 0.000662 e. The average molecular weight is 141 g/mol. The molecule has 10 heavy (non-hydrogen) atoms. The first-order valence-corrected chi connectivity index (χ1v) is 4.42. The molecule has 0 aromatic carbocycles. The zero-order valence-electron chi connectivity index (χ0n) is 7.43. The van der Waals surface area contributed by atoms with Crippen molar-refractivity contribution in [2.75, 3.05) is 20.1 Å². The lowest BCUT2D eigenvalue weighted by Crippen LogP contribution is -2.36. The summed E-state index contributed by atoms with van der Waals surface area (Å²) in [7, 11) is 2.22. The van der Waals surface area contributed by atoms with Gasteiger partial charge >= 0.3 is 0 Å². The van der Waals surface area contributed by atoms with E-state index < -0.39 is 0 Å². The summed E-state index contributed by atoms with van der Waals surface area (Å²) in [5.41, 5.74) is 0. The molecule has 1 heterocycles. The first-order valence-electron chi connectivity index (χ1n) is 4.42. The molecule has 0 unspecified atom stereocenters. The van der Waals surface area contributed by atoms with Gasteiger partial charge in [-0.3, -0.25) is 0 Å². The van der Waals surface area contributed by atoms with Crippen molar-refractivity contribution in [1.29, 1.82) is 0 Å². The highest BCUT2D eigenvalue weighted by Gasteiger charge is 2.21. The van der Waals surface area contributed by atoms with Crippen molar-refractivity contribution >= 4 is 0 Å². The van der Waals surface area contributed by atoms with Gasteiger partial charge in [0.15, 0.2) is 0 Å². The van der Waals surface area contributed by atoms with Gasteiger partial charge in [0, 0.05) is 6.54 Å². The standard InChI is InChI=1S/C9H19N/c1-4-9-5-6-10(3)7-8(9)2/h8-9H,4-7H2,1-3H3/t8-,9-/m0/s1. The van der Waals surface area contributed by atoms with Crippen molar-refractivity contribution < 1.29 is 0 Å². The van der Waals surface area contributed by atoms with Gasteiger partial charge in [-0.2, -0.15) is 0 Å². The number of nitrogens with zero attached hydrogens (tertiary/aromatic N) is 1. The highest BCUT2D eigenvalue weighted by molar-refractivity contribution is 4.74. The maximum atomic E-state index is 2.44. The van der Waals surface area contributed by atoms with E-state index in [9.17, 15) is 0 Å². The Kier molecular flexibility index (Phi) is 2.72. The van der Waals surface area contributed by atoms with Gasteiger partial charge in [0.1, 0.15) is 0 Å². The minimum Gasteiger partial charge on any atom is -0.306 e. The van der Waals surface area contributed by atoms with Crippen molar-refractivity contribution in [3.63, 3.8) is 0 Å². The molecule has 0 aromatic rings. The highest BCUT2D eigenvalue weighted by atomic mass is 15.1. The molecule has 0 spiro atoms. The van der Waals surface area contributed by atoms with E-state index in [-0.39, 0.29) is 0 Å². The Morgan fingerprint density at radius 2 is 2.20 bits per heavy atom. The summed E-state index contributed by atoms with van der Waals surface area (Å²) in [6, 6.07) is 0. The molecule has 1 fully saturated rings. The van der Waals surface area contributed by atoms with Crippen LogP contribution in [0.25, 0.3) is 0 Å². The molecule has 1 nitrogen and oxygen atoms in total. The Hall–Kier alpha value is -0.0400. The molecule has 0 radical (unpaired) electrons. The number of rotatable bonds is 1. The van der Waals surface area contributed by atoms with Crippen LogP contribution < -0.4 is 0 Å². The number of hydrogen-bond acceptors (Lipinski definition) is 1. The number of piperidine rings is 1. The predicted molar refractivity (Wildman–Crippen MR) is 45.1 cm³/mol. The van der Waals surface area contributed by atoms with Gasteiger partial charge in [0.2, 0.25) is 0 Å². The van der Waals surface area contributed by atoms with E-state index in [0.29, 0.717) is 0 Å². The fourth-order valence-electron chi connectivity index (χ4n) is 2.01. The lowest BCUT2D eigenvalue weighted by atomic mass is 9.85. The van der Waals surface area contributed by atoms with E-state index in [0.717, 1.165) is 11.8 Å². The minimum atomic E-state index is 0.920. The summed E-state index contributed by atoms with van der Waals surface area (Å²) < 4.78 is 0. The van der Waals surface area contributed by atoms with Crippen LogP contribution in [0.15, 0.2) is 0 Å². The first-order chi connectivity index (χ1) is 4.74. The van der Waals surface area contributed by atoms with Crippen LogP contribution in [0.3, 0.4) is 0 Å². The van der Waals surface area contributed by atoms with E-state index >= 15 is 0 Å². The molecule has 0 amide bonds. The SMILES string of the molecule is CC[C@H]1CCN(C)C[C@@H]1C. The van der Waals surface area contributed by atoms with Crippen molar-refractivity contribution in [3.05, 3.63) is 0 Å². The zero-order chi connectivity index (χ0) is 7.56. The first kappa shape index (κ1) is 8.06. The monoisotopic (exact) mass is 141 g/mol. The van der Waals surface area contributed by atoms with Crippen molar-refractivity contribution in [2.45, 2.75) is 26.7 Å². The smallest absolute Gasteiger partial charge is 0.000662 e. The van der Waals surface area contributed by atoms with Gasteiger partial charge in [0.05, 0.1) is 0 Å². The van der Waals surface area contributed by atoms with Gasteiger partial charge in [-0.1, -0.05) is 20.3 Å². The molecular weight excluding hydrogens is 122 g/mol. The Morgan fingerprint density at radius 1 is 1.50 bits per heavy atom. The molecule has 0 N–H and O–H groups in total. The largest absolute Gasteiger partial charge is 0.306 e. The summed E-state index contributed by atoms with van der Waals surface area (Å²) in [5, 5.41) is 0. The van der Waals surface area contributed by atoms with E-state index in [1.807, 2.05) is 0 Å². The Labute approximate surface area is 64.4 Å².